The number of rotatable bonds is 4. The number of hydrogen-bond donors (Lipinski definition) is 2. The lowest BCUT2D eigenvalue weighted by Crippen LogP contribution is -2.14. The van der Waals surface area contributed by atoms with Gasteiger partial charge in [-0.05, 0) is 19.1 Å². The molecule has 1 aromatic carbocycles. The van der Waals surface area contributed by atoms with E-state index in [1.165, 1.54) is 11.3 Å². The normalized spacial score (nSPS) is 10.2. The van der Waals surface area contributed by atoms with Crippen LogP contribution in [0.2, 0.25) is 0 Å². The van der Waals surface area contributed by atoms with Gasteiger partial charge in [0.05, 0.1) is 6.54 Å². The number of para-hydroxylation sites is 1. The highest BCUT2D eigenvalue weighted by atomic mass is 32.1. The zero-order chi connectivity index (χ0) is 12.3. The van der Waals surface area contributed by atoms with Crippen molar-refractivity contribution in [3.05, 3.63) is 40.9 Å². The van der Waals surface area contributed by atoms with E-state index in [4.69, 9.17) is 5.73 Å². The van der Waals surface area contributed by atoms with Crippen LogP contribution in [-0.2, 0) is 0 Å². The Morgan fingerprint density at radius 3 is 2.76 bits per heavy atom. The molecule has 0 spiro atoms. The molecular weight excluding hydrogens is 234 g/mol. The second-order valence-electron chi connectivity index (χ2n) is 3.54. The maximum atomic E-state index is 11.5. The lowest BCUT2D eigenvalue weighted by atomic mass is 10.2. The zero-order valence-corrected chi connectivity index (χ0v) is 10.3. The number of anilines is 2. The lowest BCUT2D eigenvalue weighted by molar-refractivity contribution is 0.0997. The minimum atomic E-state index is -0.125. The van der Waals surface area contributed by atoms with Crippen LogP contribution in [0, 0.1) is 6.92 Å². The highest BCUT2D eigenvalue weighted by molar-refractivity contribution is 7.15. The Morgan fingerprint density at radius 2 is 2.12 bits per heavy atom. The maximum Gasteiger partial charge on any atom is 0.195 e. The van der Waals surface area contributed by atoms with Crippen LogP contribution >= 0.6 is 11.3 Å². The summed E-state index contributed by atoms with van der Waals surface area (Å²) in [5.41, 5.74) is 6.75. The van der Waals surface area contributed by atoms with Crippen LogP contribution in [-0.4, -0.2) is 17.3 Å². The van der Waals surface area contributed by atoms with E-state index in [1.54, 1.807) is 0 Å². The monoisotopic (exact) mass is 247 g/mol. The Hall–Kier alpha value is -1.72. The summed E-state index contributed by atoms with van der Waals surface area (Å²) in [5, 5.41) is 3.87. The van der Waals surface area contributed by atoms with Gasteiger partial charge in [0.25, 0.3) is 0 Å². The van der Waals surface area contributed by atoms with Crippen molar-refractivity contribution in [2.24, 2.45) is 5.73 Å². The van der Waals surface area contributed by atoms with Gasteiger partial charge in [0.1, 0.15) is 5.69 Å². The highest BCUT2D eigenvalue weighted by Crippen LogP contribution is 2.25. The number of Topliss-reactive ketones (excluding diaryl/α,β-unsaturated/α-hetero) is 1. The van der Waals surface area contributed by atoms with Gasteiger partial charge in [0, 0.05) is 10.6 Å². The van der Waals surface area contributed by atoms with Crippen LogP contribution in [0.4, 0.5) is 10.8 Å². The summed E-state index contributed by atoms with van der Waals surface area (Å²) in [6.07, 6.45) is 0. The zero-order valence-electron chi connectivity index (χ0n) is 9.43. The predicted molar refractivity (Wildman–Crippen MR) is 70.0 cm³/mol. The van der Waals surface area contributed by atoms with Crippen LogP contribution in [0.5, 0.6) is 0 Å². The van der Waals surface area contributed by atoms with Gasteiger partial charge >= 0.3 is 0 Å². The fourth-order valence-corrected chi connectivity index (χ4v) is 2.30. The van der Waals surface area contributed by atoms with E-state index in [0.29, 0.717) is 10.8 Å². The lowest BCUT2D eigenvalue weighted by Gasteiger charge is -2.00. The van der Waals surface area contributed by atoms with Crippen molar-refractivity contribution >= 4 is 27.9 Å². The summed E-state index contributed by atoms with van der Waals surface area (Å²) >= 11 is 1.45. The Morgan fingerprint density at radius 1 is 1.41 bits per heavy atom. The predicted octanol–water partition coefficient (Wildman–Crippen LogP) is 2.34. The fraction of sp³-hybridized carbons (Fsp3) is 0.167. The number of carbonyl (C=O) groups excluding carboxylic acids is 1. The van der Waals surface area contributed by atoms with Crippen LogP contribution in [0.15, 0.2) is 30.3 Å². The van der Waals surface area contributed by atoms with Crippen molar-refractivity contribution in [1.82, 2.24) is 4.98 Å². The molecule has 0 fully saturated rings. The summed E-state index contributed by atoms with van der Waals surface area (Å²) in [5.74, 6) is -0.125. The standard InChI is InChI=1S/C12H13N3OS/c1-8-11(10(16)7-13)15-12(17-8)14-9-5-3-2-4-6-9/h2-6H,7,13H2,1H3,(H,14,15). The quantitative estimate of drug-likeness (QED) is 0.814. The number of hydrogen-bond acceptors (Lipinski definition) is 5. The third-order valence-electron chi connectivity index (χ3n) is 2.27. The molecule has 0 aliphatic rings. The minimum absolute atomic E-state index is 0.00461. The fourth-order valence-electron chi connectivity index (χ4n) is 1.45. The molecule has 0 atom stereocenters. The molecule has 0 aliphatic carbocycles. The number of ketones is 1. The molecule has 1 heterocycles. The minimum Gasteiger partial charge on any atom is -0.332 e. The molecule has 0 aliphatic heterocycles. The van der Waals surface area contributed by atoms with E-state index in [0.717, 1.165) is 10.6 Å². The van der Waals surface area contributed by atoms with Crippen molar-refractivity contribution in [2.75, 3.05) is 11.9 Å². The van der Waals surface area contributed by atoms with Crippen LogP contribution in [0.1, 0.15) is 15.4 Å². The van der Waals surface area contributed by atoms with Crippen LogP contribution in [0.25, 0.3) is 0 Å². The number of nitrogens with zero attached hydrogens (tertiary/aromatic N) is 1. The number of aromatic nitrogens is 1. The number of aryl methyl sites for hydroxylation is 1. The van der Waals surface area contributed by atoms with Crippen LogP contribution < -0.4 is 11.1 Å². The summed E-state index contributed by atoms with van der Waals surface area (Å²) in [4.78, 5) is 16.6. The van der Waals surface area contributed by atoms with Gasteiger partial charge in [0.2, 0.25) is 0 Å². The molecule has 0 saturated carbocycles. The molecular formula is C12H13N3OS. The largest absolute Gasteiger partial charge is 0.332 e. The van der Waals surface area contributed by atoms with E-state index in [1.807, 2.05) is 37.3 Å². The van der Waals surface area contributed by atoms with E-state index < -0.39 is 0 Å². The molecule has 4 nitrogen and oxygen atoms in total. The molecule has 2 rings (SSSR count). The van der Waals surface area contributed by atoms with Crippen molar-refractivity contribution in [3.8, 4) is 0 Å². The second kappa shape index (κ2) is 5.07. The summed E-state index contributed by atoms with van der Waals surface area (Å²) in [6, 6.07) is 9.72. The van der Waals surface area contributed by atoms with E-state index in [2.05, 4.69) is 10.3 Å². The molecule has 88 valence electrons. The second-order valence-corrected chi connectivity index (χ2v) is 4.75. The smallest absolute Gasteiger partial charge is 0.195 e. The molecule has 2 aromatic rings. The Kier molecular flexibility index (Phi) is 3.51. The molecule has 1 aromatic heterocycles. The molecule has 0 amide bonds. The van der Waals surface area contributed by atoms with Crippen molar-refractivity contribution in [1.29, 1.82) is 0 Å². The number of benzene rings is 1. The molecule has 3 N–H and O–H groups in total. The Labute approximate surface area is 103 Å². The first kappa shape index (κ1) is 11.8. The number of nitrogens with one attached hydrogen (secondary N) is 1. The van der Waals surface area contributed by atoms with Crippen LogP contribution in [0.3, 0.4) is 0 Å². The number of nitrogens with two attached hydrogens (primary N) is 1. The molecule has 5 heteroatoms. The first-order valence-electron chi connectivity index (χ1n) is 5.23. The SMILES string of the molecule is Cc1sc(Nc2ccccc2)nc1C(=O)CN. The van der Waals surface area contributed by atoms with Crippen molar-refractivity contribution in [3.63, 3.8) is 0 Å². The topological polar surface area (TPSA) is 68.0 Å². The third kappa shape index (κ3) is 2.69. The Balaban J connectivity index is 2.21. The van der Waals surface area contributed by atoms with Crippen molar-refractivity contribution < 1.29 is 4.79 Å². The van der Waals surface area contributed by atoms with Gasteiger partial charge in [0.15, 0.2) is 10.9 Å². The molecule has 0 radical (unpaired) electrons. The van der Waals surface area contributed by atoms with Gasteiger partial charge in [-0.15, -0.1) is 11.3 Å². The van der Waals surface area contributed by atoms with Gasteiger partial charge in [-0.25, -0.2) is 4.98 Å². The molecule has 0 saturated heterocycles. The van der Waals surface area contributed by atoms with Crippen molar-refractivity contribution in [2.45, 2.75) is 6.92 Å². The van der Waals surface area contributed by atoms with E-state index in [9.17, 15) is 4.79 Å². The first-order valence-corrected chi connectivity index (χ1v) is 6.05. The average molecular weight is 247 g/mol. The number of carbonyl (C=O) groups is 1. The number of thiazole rings is 1. The highest BCUT2D eigenvalue weighted by Gasteiger charge is 2.13. The molecule has 17 heavy (non-hydrogen) atoms. The maximum absolute atomic E-state index is 11.5. The van der Waals surface area contributed by atoms with Gasteiger partial charge < -0.3 is 11.1 Å². The average Bonchev–Trinajstić information content (AvgIpc) is 2.70. The third-order valence-corrected chi connectivity index (χ3v) is 3.16. The van der Waals surface area contributed by atoms with Gasteiger partial charge in [-0.1, -0.05) is 18.2 Å². The summed E-state index contributed by atoms with van der Waals surface area (Å²) < 4.78 is 0. The Bertz CT molecular complexity index is 522. The molecule has 0 bridgehead atoms. The van der Waals surface area contributed by atoms with E-state index >= 15 is 0 Å². The summed E-state index contributed by atoms with van der Waals surface area (Å²) in [7, 11) is 0. The van der Waals surface area contributed by atoms with Gasteiger partial charge in [-0.2, -0.15) is 0 Å². The molecule has 0 unspecified atom stereocenters. The summed E-state index contributed by atoms with van der Waals surface area (Å²) in [6.45, 7) is 1.87. The van der Waals surface area contributed by atoms with Gasteiger partial charge in [-0.3, -0.25) is 4.79 Å². The van der Waals surface area contributed by atoms with E-state index in [-0.39, 0.29) is 12.3 Å². The first-order chi connectivity index (χ1) is 8.20.